The van der Waals surface area contributed by atoms with Crippen molar-refractivity contribution in [1.82, 2.24) is 19.9 Å². The highest BCUT2D eigenvalue weighted by molar-refractivity contribution is 7.10. The molecule has 2 aliphatic rings. The molecule has 7 heteroatoms. The molecule has 2 aromatic rings. The zero-order valence-electron chi connectivity index (χ0n) is 14.6. The molecule has 6 nitrogen and oxygen atoms in total. The maximum atomic E-state index is 13.4. The van der Waals surface area contributed by atoms with Crippen molar-refractivity contribution < 1.29 is 9.53 Å². The van der Waals surface area contributed by atoms with Gasteiger partial charge in [-0.3, -0.25) is 4.79 Å². The quantitative estimate of drug-likeness (QED) is 0.823. The maximum Gasteiger partial charge on any atom is 0.234 e. The fourth-order valence-corrected chi connectivity index (χ4v) is 5.22. The summed E-state index contributed by atoms with van der Waals surface area (Å²) in [6, 6.07) is 4.41. The van der Waals surface area contributed by atoms with Gasteiger partial charge in [0.15, 0.2) is 0 Å². The Labute approximate surface area is 151 Å². The van der Waals surface area contributed by atoms with E-state index in [1.165, 1.54) is 4.88 Å². The van der Waals surface area contributed by atoms with Crippen molar-refractivity contribution in [3.05, 3.63) is 34.3 Å². The van der Waals surface area contributed by atoms with E-state index in [4.69, 9.17) is 4.74 Å². The molecule has 2 fully saturated rings. The molecule has 2 aromatic heterocycles. The van der Waals surface area contributed by atoms with Gasteiger partial charge in [-0.25, -0.2) is 4.68 Å². The summed E-state index contributed by atoms with van der Waals surface area (Å²) in [7, 11) is 1.65. The van der Waals surface area contributed by atoms with Gasteiger partial charge in [-0.15, -0.1) is 16.4 Å². The second-order valence-electron chi connectivity index (χ2n) is 7.08. The number of methoxy groups -OCH3 is 1. The average molecular weight is 360 g/mol. The van der Waals surface area contributed by atoms with Crippen molar-refractivity contribution in [2.75, 3.05) is 20.2 Å². The highest BCUT2D eigenvalue weighted by Gasteiger charge is 2.47. The summed E-state index contributed by atoms with van der Waals surface area (Å²) in [6.07, 6.45) is 7.12. The Kier molecular flexibility index (Phi) is 4.60. The molecule has 0 aromatic carbocycles. The van der Waals surface area contributed by atoms with Crippen LogP contribution in [0.3, 0.4) is 0 Å². The molecular weight excluding hydrogens is 336 g/mol. The largest absolute Gasteiger partial charge is 0.378 e. The molecule has 25 heavy (non-hydrogen) atoms. The number of amides is 1. The number of ether oxygens (including phenoxy) is 1. The van der Waals surface area contributed by atoms with Crippen molar-refractivity contribution in [2.24, 2.45) is 0 Å². The third-order valence-electron chi connectivity index (χ3n) is 5.53. The lowest BCUT2D eigenvalue weighted by Crippen LogP contribution is -2.44. The van der Waals surface area contributed by atoms with E-state index < -0.39 is 0 Å². The van der Waals surface area contributed by atoms with Crippen LogP contribution in [0.2, 0.25) is 0 Å². The normalized spacial score (nSPS) is 22.6. The van der Waals surface area contributed by atoms with Crippen LogP contribution in [0.4, 0.5) is 0 Å². The van der Waals surface area contributed by atoms with Crippen LogP contribution in [-0.4, -0.2) is 46.0 Å². The van der Waals surface area contributed by atoms with E-state index in [-0.39, 0.29) is 11.5 Å². The third-order valence-corrected chi connectivity index (χ3v) is 6.61. The SMILES string of the molecule is COCc1cn(C2CCN(C(=O)C3(c4cccs4)CCCC3)C2)nn1. The number of carbonyl (C=O) groups is 1. The fraction of sp³-hybridized carbons (Fsp3) is 0.611. The summed E-state index contributed by atoms with van der Waals surface area (Å²) >= 11 is 1.72. The minimum absolute atomic E-state index is 0.212. The maximum absolute atomic E-state index is 13.4. The van der Waals surface area contributed by atoms with Gasteiger partial charge in [-0.1, -0.05) is 24.1 Å². The summed E-state index contributed by atoms with van der Waals surface area (Å²) in [4.78, 5) is 16.7. The van der Waals surface area contributed by atoms with Crippen LogP contribution >= 0.6 is 11.3 Å². The van der Waals surface area contributed by atoms with Crippen LogP contribution in [0, 0.1) is 0 Å². The first-order valence-corrected chi connectivity index (χ1v) is 9.84. The number of aromatic nitrogens is 3. The lowest BCUT2D eigenvalue weighted by molar-refractivity contribution is -0.136. The number of likely N-dealkylation sites (tertiary alicyclic amines) is 1. The lowest BCUT2D eigenvalue weighted by Gasteiger charge is -2.31. The van der Waals surface area contributed by atoms with Crippen molar-refractivity contribution in [2.45, 2.75) is 50.2 Å². The monoisotopic (exact) mass is 360 g/mol. The molecule has 0 spiro atoms. The molecular formula is C18H24N4O2S. The molecule has 1 aliphatic heterocycles. The smallest absolute Gasteiger partial charge is 0.234 e. The molecule has 1 atom stereocenters. The third kappa shape index (κ3) is 3.00. The number of nitrogens with zero attached hydrogens (tertiary/aromatic N) is 4. The topological polar surface area (TPSA) is 60.2 Å². The minimum atomic E-state index is -0.285. The molecule has 4 rings (SSSR count). The Morgan fingerprint density at radius 2 is 2.28 bits per heavy atom. The zero-order valence-corrected chi connectivity index (χ0v) is 15.4. The number of hydrogen-bond acceptors (Lipinski definition) is 5. The summed E-state index contributed by atoms with van der Waals surface area (Å²) in [5.74, 6) is 0.312. The van der Waals surface area contributed by atoms with Crippen molar-refractivity contribution in [3.8, 4) is 0 Å². The predicted molar refractivity (Wildman–Crippen MR) is 95.4 cm³/mol. The van der Waals surface area contributed by atoms with Crippen molar-refractivity contribution in [1.29, 1.82) is 0 Å². The first kappa shape index (κ1) is 16.7. The Bertz CT molecular complexity index is 721. The summed E-state index contributed by atoms with van der Waals surface area (Å²) < 4.78 is 7.00. The number of thiophene rings is 1. The van der Waals surface area contributed by atoms with E-state index in [1.807, 2.05) is 15.8 Å². The number of carbonyl (C=O) groups excluding carboxylic acids is 1. The Hall–Kier alpha value is -1.73. The van der Waals surface area contributed by atoms with Gasteiger partial charge in [-0.2, -0.15) is 0 Å². The van der Waals surface area contributed by atoms with Gasteiger partial charge in [0.2, 0.25) is 5.91 Å². The second-order valence-corrected chi connectivity index (χ2v) is 8.03. The fourth-order valence-electron chi connectivity index (χ4n) is 4.25. The molecule has 0 bridgehead atoms. The summed E-state index contributed by atoms with van der Waals surface area (Å²) in [6.45, 7) is 1.99. The van der Waals surface area contributed by atoms with Gasteiger partial charge < -0.3 is 9.64 Å². The molecule has 1 unspecified atom stereocenters. The average Bonchev–Trinajstić information content (AvgIpc) is 3.41. The number of hydrogen-bond donors (Lipinski definition) is 0. The lowest BCUT2D eigenvalue weighted by atomic mass is 9.83. The summed E-state index contributed by atoms with van der Waals surface area (Å²) in [5, 5.41) is 10.4. The van der Waals surface area contributed by atoms with Crippen molar-refractivity contribution in [3.63, 3.8) is 0 Å². The van der Waals surface area contributed by atoms with Crippen LogP contribution < -0.4 is 0 Å². The van der Waals surface area contributed by atoms with E-state index in [2.05, 4.69) is 27.8 Å². The highest BCUT2D eigenvalue weighted by atomic mass is 32.1. The van der Waals surface area contributed by atoms with Crippen LogP contribution in [0.25, 0.3) is 0 Å². The van der Waals surface area contributed by atoms with Gasteiger partial charge in [0, 0.05) is 25.1 Å². The molecule has 1 amide bonds. The van der Waals surface area contributed by atoms with Crippen LogP contribution in [0.5, 0.6) is 0 Å². The Morgan fingerprint density at radius 1 is 1.44 bits per heavy atom. The molecule has 1 aliphatic carbocycles. The molecule has 3 heterocycles. The van der Waals surface area contributed by atoms with Gasteiger partial charge in [0.05, 0.1) is 24.3 Å². The van der Waals surface area contributed by atoms with Gasteiger partial charge in [0.1, 0.15) is 5.69 Å². The second kappa shape index (κ2) is 6.88. The van der Waals surface area contributed by atoms with Crippen LogP contribution in [-0.2, 0) is 21.6 Å². The molecule has 1 saturated carbocycles. The zero-order chi connectivity index (χ0) is 17.3. The minimum Gasteiger partial charge on any atom is -0.378 e. The highest BCUT2D eigenvalue weighted by Crippen LogP contribution is 2.45. The van der Waals surface area contributed by atoms with Gasteiger partial charge in [0.25, 0.3) is 0 Å². The van der Waals surface area contributed by atoms with Crippen LogP contribution in [0.1, 0.15) is 48.7 Å². The van der Waals surface area contributed by atoms with E-state index >= 15 is 0 Å². The van der Waals surface area contributed by atoms with E-state index in [0.29, 0.717) is 12.5 Å². The first-order chi connectivity index (χ1) is 12.2. The molecule has 1 saturated heterocycles. The molecule has 134 valence electrons. The Morgan fingerprint density at radius 3 is 3.00 bits per heavy atom. The van der Waals surface area contributed by atoms with Gasteiger partial charge >= 0.3 is 0 Å². The molecule has 0 radical (unpaired) electrons. The standard InChI is InChI=1S/C18H24N4O2S/c1-24-13-14-11-22(20-19-14)15-6-9-21(12-15)17(23)18(7-2-3-8-18)16-5-4-10-25-16/h4-5,10-11,15H,2-3,6-9,12-13H2,1H3. The number of rotatable bonds is 5. The van der Waals surface area contributed by atoms with E-state index in [9.17, 15) is 4.79 Å². The Balaban J connectivity index is 1.49. The predicted octanol–water partition coefficient (Wildman–Crippen LogP) is 2.77. The van der Waals surface area contributed by atoms with Gasteiger partial charge in [-0.05, 0) is 30.7 Å². The molecule has 0 N–H and O–H groups in total. The van der Waals surface area contributed by atoms with E-state index in [1.54, 1.807) is 18.4 Å². The summed E-state index contributed by atoms with van der Waals surface area (Å²) in [5.41, 5.74) is 0.547. The first-order valence-electron chi connectivity index (χ1n) is 8.96. The van der Waals surface area contributed by atoms with Crippen molar-refractivity contribution >= 4 is 17.2 Å². The van der Waals surface area contributed by atoms with E-state index in [0.717, 1.165) is 50.9 Å². The van der Waals surface area contributed by atoms with Crippen LogP contribution in [0.15, 0.2) is 23.7 Å².